The van der Waals surface area contributed by atoms with Crippen LogP contribution in [0, 0.1) is 23.2 Å². The number of anilines is 1. The Balaban J connectivity index is 0.000000234. The van der Waals surface area contributed by atoms with Crippen molar-refractivity contribution in [1.82, 2.24) is 34.1 Å². The SMILES string of the molecule is CC(C)c1cc(F)cc(C(C)C)c1NC(=O)NS(=O)(=O)c1cc(CN2CCCC2)n(C)n1.CC(C)c1cc(F)cc(C(C)C)c1OC#N.Cn1nc(S(N)(=O)=O)cc1CN1CCCC1. The van der Waals surface area contributed by atoms with Crippen LogP contribution in [-0.2, 0) is 47.2 Å². The molecule has 0 saturated carbocycles. The van der Waals surface area contributed by atoms with Crippen molar-refractivity contribution in [2.24, 2.45) is 19.2 Å². The number of carbonyl (C=O) groups excluding carboxylic acids is 1. The van der Waals surface area contributed by atoms with E-state index in [1.54, 1.807) is 31.1 Å². The predicted molar refractivity (Wildman–Crippen MR) is 242 cm³/mol. The van der Waals surface area contributed by atoms with E-state index in [-0.39, 0.29) is 39.5 Å². The summed E-state index contributed by atoms with van der Waals surface area (Å²) in [5.74, 6) is -0.0622. The molecule has 16 nitrogen and oxygen atoms in total. The number of nitrogens with two attached hydrogens (primary N) is 1. The zero-order valence-corrected chi connectivity index (χ0v) is 40.2. The topological polar surface area (TPSA) is 211 Å². The molecular weight excluding hydrogens is 867 g/mol. The molecule has 352 valence electrons. The Morgan fingerprint density at radius 2 is 1.08 bits per heavy atom. The number of aromatic nitrogens is 4. The lowest BCUT2D eigenvalue weighted by Crippen LogP contribution is -2.35. The predicted octanol–water partition coefficient (Wildman–Crippen LogP) is 7.51. The number of primary sulfonamides is 1. The fourth-order valence-electron chi connectivity index (χ4n) is 7.54. The third-order valence-corrected chi connectivity index (χ3v) is 13.0. The van der Waals surface area contributed by atoms with E-state index >= 15 is 0 Å². The lowest BCUT2D eigenvalue weighted by molar-refractivity contribution is 0.256. The highest BCUT2D eigenvalue weighted by Gasteiger charge is 2.26. The maximum absolute atomic E-state index is 14.1. The first-order valence-corrected chi connectivity index (χ1v) is 24.5. The monoisotopic (exact) mass is 930 g/mol. The number of hydrogen-bond acceptors (Lipinski definition) is 11. The maximum atomic E-state index is 14.1. The van der Waals surface area contributed by atoms with Gasteiger partial charge >= 0.3 is 6.03 Å². The molecule has 2 aliphatic heterocycles. The molecule has 4 aromatic rings. The number of likely N-dealkylation sites (tertiary alicyclic amines) is 2. The second-order valence-corrected chi connectivity index (χ2v) is 20.6. The average molecular weight is 931 g/mol. The molecule has 2 saturated heterocycles. The Morgan fingerprint density at radius 1 is 0.703 bits per heavy atom. The molecule has 0 spiro atoms. The van der Waals surface area contributed by atoms with Crippen molar-refractivity contribution < 1.29 is 35.1 Å². The Bertz CT molecular complexity index is 2440. The molecule has 0 aliphatic carbocycles. The lowest BCUT2D eigenvalue weighted by Gasteiger charge is -2.20. The van der Waals surface area contributed by atoms with Gasteiger partial charge in [-0.2, -0.15) is 18.6 Å². The van der Waals surface area contributed by atoms with Crippen molar-refractivity contribution in [3.63, 3.8) is 0 Å². The largest absolute Gasteiger partial charge is 0.387 e. The van der Waals surface area contributed by atoms with Crippen molar-refractivity contribution >= 4 is 31.8 Å². The number of halogens is 2. The molecule has 2 fully saturated rings. The van der Waals surface area contributed by atoms with Crippen molar-refractivity contribution in [2.75, 3.05) is 31.5 Å². The molecule has 4 heterocycles. The summed E-state index contributed by atoms with van der Waals surface area (Å²) in [7, 11) is -4.44. The van der Waals surface area contributed by atoms with E-state index in [4.69, 9.17) is 15.1 Å². The zero-order valence-electron chi connectivity index (χ0n) is 38.6. The first kappa shape index (κ1) is 51.7. The van der Waals surface area contributed by atoms with Crippen LogP contribution < -0.4 is 19.9 Å². The van der Waals surface area contributed by atoms with Crippen LogP contribution in [0.25, 0.3) is 0 Å². The van der Waals surface area contributed by atoms with E-state index in [2.05, 4.69) is 25.3 Å². The number of ether oxygens (including phenoxy) is 1. The number of nitrogens with one attached hydrogen (secondary N) is 2. The van der Waals surface area contributed by atoms with Gasteiger partial charge < -0.3 is 10.1 Å². The fraction of sp³-hybridized carbons (Fsp3) is 0.545. The highest BCUT2D eigenvalue weighted by Crippen LogP contribution is 2.36. The van der Waals surface area contributed by atoms with Crippen LogP contribution in [0.15, 0.2) is 46.5 Å². The number of carbonyl (C=O) groups is 1. The smallest absolute Gasteiger partial charge is 0.333 e. The van der Waals surface area contributed by atoms with Gasteiger partial charge in [0, 0.05) is 56.1 Å². The van der Waals surface area contributed by atoms with Gasteiger partial charge in [0.2, 0.25) is 0 Å². The van der Waals surface area contributed by atoms with E-state index in [9.17, 15) is 30.4 Å². The highest BCUT2D eigenvalue weighted by molar-refractivity contribution is 7.90. The number of sulfonamides is 2. The summed E-state index contributed by atoms with van der Waals surface area (Å²) in [6, 6.07) is 7.73. The summed E-state index contributed by atoms with van der Waals surface area (Å²) in [5, 5.41) is 24.0. The summed E-state index contributed by atoms with van der Waals surface area (Å²) in [5.41, 5.74) is 4.76. The van der Waals surface area contributed by atoms with Gasteiger partial charge in [0.1, 0.15) is 17.4 Å². The standard InChI is InChI=1S/C22H32FN5O3S.C13H16FNO.C9H16N4O2S/c1-14(2)18-10-16(23)11-19(15(3)4)21(18)24-22(29)26-32(30,31)20-12-17(27(5)25-20)13-28-8-6-7-9-28;1-8(2)11-5-10(14)6-12(9(3)4)13(11)16-7-15;1-12-8(7-13-4-2-3-5-13)6-9(11-12)16(10,14)15/h10-12,14-15H,6-9,13H2,1-5H3,(H2,24,26,29);5-6,8-9H,1-4H3;6H,2-5,7H2,1H3,(H2,10,14,15). The maximum Gasteiger partial charge on any atom is 0.333 e. The second-order valence-electron chi connectivity index (χ2n) is 17.5. The van der Waals surface area contributed by atoms with Gasteiger partial charge in [-0.05, 0) is 111 Å². The van der Waals surface area contributed by atoms with Crippen molar-refractivity contribution in [3.8, 4) is 12.0 Å². The van der Waals surface area contributed by atoms with Crippen LogP contribution in [0.1, 0.15) is 138 Å². The minimum Gasteiger partial charge on any atom is -0.387 e. The number of amides is 2. The summed E-state index contributed by atoms with van der Waals surface area (Å²) in [6.07, 6.45) is 6.35. The normalized spacial score (nSPS) is 14.7. The highest BCUT2D eigenvalue weighted by atomic mass is 32.2. The first-order valence-electron chi connectivity index (χ1n) is 21.5. The third kappa shape index (κ3) is 14.0. The number of rotatable bonds is 13. The van der Waals surface area contributed by atoms with Crippen molar-refractivity contribution in [2.45, 2.75) is 128 Å². The molecule has 0 unspecified atom stereocenters. The summed E-state index contributed by atoms with van der Waals surface area (Å²) in [4.78, 5) is 17.2. The molecule has 0 atom stereocenters. The number of hydrogen-bond donors (Lipinski definition) is 3. The second kappa shape index (κ2) is 22.3. The van der Waals surface area contributed by atoms with Crippen LogP contribution in [0.4, 0.5) is 19.3 Å². The third-order valence-electron chi connectivity index (χ3n) is 11.0. The van der Waals surface area contributed by atoms with Crippen LogP contribution in [-0.4, -0.2) is 78.4 Å². The number of nitriles is 1. The number of aryl methyl sites for hydroxylation is 2. The first-order chi connectivity index (χ1) is 29.9. The van der Waals surface area contributed by atoms with Gasteiger partial charge in [-0.25, -0.2) is 31.9 Å². The Labute approximate surface area is 377 Å². The summed E-state index contributed by atoms with van der Waals surface area (Å²) >= 11 is 0. The molecule has 2 aromatic heterocycles. The molecule has 2 aromatic carbocycles. The fourth-order valence-corrected chi connectivity index (χ4v) is 8.99. The molecular formula is C44H64F2N10O6S2. The molecule has 64 heavy (non-hydrogen) atoms. The van der Waals surface area contributed by atoms with Crippen LogP contribution >= 0.6 is 0 Å². The molecule has 2 amide bonds. The van der Waals surface area contributed by atoms with E-state index in [1.165, 1.54) is 47.9 Å². The number of nitrogens with zero attached hydrogens (tertiary/aromatic N) is 7. The molecule has 6 rings (SSSR count). The Hall–Kier alpha value is -4.94. The molecule has 20 heteroatoms. The van der Waals surface area contributed by atoms with Crippen LogP contribution in [0.3, 0.4) is 0 Å². The number of benzene rings is 2. The van der Waals surface area contributed by atoms with Gasteiger partial charge in [-0.3, -0.25) is 19.2 Å². The zero-order chi connectivity index (χ0) is 47.7. The van der Waals surface area contributed by atoms with E-state index in [0.717, 1.165) is 68.1 Å². The van der Waals surface area contributed by atoms with E-state index in [0.29, 0.717) is 29.1 Å². The lowest BCUT2D eigenvalue weighted by atomic mass is 9.92. The van der Waals surface area contributed by atoms with Crippen molar-refractivity contribution in [3.05, 3.63) is 81.7 Å². The average Bonchev–Trinajstić information content (AvgIpc) is 4.03. The van der Waals surface area contributed by atoms with E-state index < -0.39 is 31.9 Å². The number of urea groups is 1. The molecule has 0 radical (unpaired) electrons. The summed E-state index contributed by atoms with van der Waals surface area (Å²) in [6.45, 7) is 20.7. The molecule has 2 aliphatic rings. The van der Waals surface area contributed by atoms with Crippen molar-refractivity contribution in [1.29, 1.82) is 5.26 Å². The Morgan fingerprint density at radius 3 is 1.44 bits per heavy atom. The quantitative estimate of drug-likeness (QED) is 0.112. The van der Waals surface area contributed by atoms with E-state index in [1.807, 2.05) is 60.1 Å². The van der Waals surface area contributed by atoms with Crippen LogP contribution in [0.5, 0.6) is 5.75 Å². The van der Waals surface area contributed by atoms with Gasteiger partial charge in [0.25, 0.3) is 26.3 Å². The summed E-state index contributed by atoms with van der Waals surface area (Å²) < 4.78 is 85.5. The Kier molecular flexibility index (Phi) is 18.0. The molecule has 4 N–H and O–H groups in total. The molecule has 0 bridgehead atoms. The van der Waals surface area contributed by atoms with Gasteiger partial charge in [0.15, 0.2) is 10.1 Å². The van der Waals surface area contributed by atoms with Gasteiger partial charge in [-0.1, -0.05) is 55.4 Å². The van der Waals surface area contributed by atoms with Gasteiger partial charge in [0.05, 0.1) is 11.4 Å². The minimum atomic E-state index is -4.18. The van der Waals surface area contributed by atoms with Gasteiger partial charge in [-0.15, -0.1) is 5.26 Å². The minimum absolute atomic E-state index is 0.0517. The van der Waals surface area contributed by atoms with Crippen LogP contribution in [0.2, 0.25) is 0 Å².